The minimum absolute atomic E-state index is 0.00663. The minimum Gasteiger partial charge on any atom is -0.485 e. The van der Waals surface area contributed by atoms with Gasteiger partial charge < -0.3 is 24.3 Å². The molecule has 1 amide bonds. The van der Waals surface area contributed by atoms with Gasteiger partial charge in [-0.2, -0.15) is 5.26 Å². The van der Waals surface area contributed by atoms with Gasteiger partial charge >= 0.3 is 0 Å². The predicted octanol–water partition coefficient (Wildman–Crippen LogP) is 2.65. The Bertz CT molecular complexity index is 1140. The van der Waals surface area contributed by atoms with E-state index in [9.17, 15) is 15.2 Å². The molecule has 2 heterocycles. The number of hydrogen-bond acceptors (Lipinski definition) is 7. The van der Waals surface area contributed by atoms with E-state index < -0.39 is 17.8 Å². The van der Waals surface area contributed by atoms with E-state index in [-0.39, 0.29) is 49.0 Å². The van der Waals surface area contributed by atoms with E-state index in [4.69, 9.17) is 14.3 Å². The molecule has 4 rings (SSSR count). The smallest absolute Gasteiger partial charge is 0.258 e. The lowest BCUT2D eigenvalue weighted by Crippen LogP contribution is -2.38. The van der Waals surface area contributed by atoms with Gasteiger partial charge in [0.05, 0.1) is 47.7 Å². The average Bonchev–Trinajstić information content (AvgIpc) is 3.22. The zero-order chi connectivity index (χ0) is 22.8. The molecular formula is C23H22FN3O5. The van der Waals surface area contributed by atoms with Crippen LogP contribution in [-0.2, 0) is 4.84 Å². The van der Waals surface area contributed by atoms with Gasteiger partial charge in [-0.1, -0.05) is 17.3 Å². The van der Waals surface area contributed by atoms with E-state index in [2.05, 4.69) is 11.2 Å². The standard InChI is InChI=1S/C23H22FN3O5/c1-13-14(10-25)4-3-5-17(13)20-19(24)9-18(21-22(20)32-7-6-31-21)23(29)27-11-15(26-30-2)8-16(27)12-28/h3-5,9,16,28H,6-8,11-12H2,1-2H3/b26-15+/t16-/m0/s1. The Balaban J connectivity index is 1.83. The molecule has 9 heteroatoms. The zero-order valence-electron chi connectivity index (χ0n) is 17.7. The van der Waals surface area contributed by atoms with E-state index in [1.807, 2.05) is 0 Å². The van der Waals surface area contributed by atoms with Gasteiger partial charge in [0.25, 0.3) is 5.91 Å². The van der Waals surface area contributed by atoms with Gasteiger partial charge in [-0.05, 0) is 30.2 Å². The van der Waals surface area contributed by atoms with Crippen LogP contribution < -0.4 is 9.47 Å². The summed E-state index contributed by atoms with van der Waals surface area (Å²) in [6, 6.07) is 7.74. The van der Waals surface area contributed by atoms with Crippen LogP contribution in [0.5, 0.6) is 11.5 Å². The number of oxime groups is 1. The fourth-order valence-corrected chi connectivity index (χ4v) is 4.14. The number of halogens is 1. The molecule has 0 spiro atoms. The number of rotatable bonds is 4. The quantitative estimate of drug-likeness (QED) is 0.735. The molecule has 8 nitrogen and oxygen atoms in total. The van der Waals surface area contributed by atoms with E-state index in [0.29, 0.717) is 28.8 Å². The lowest BCUT2D eigenvalue weighted by Gasteiger charge is -2.27. The van der Waals surface area contributed by atoms with Crippen molar-refractivity contribution in [2.24, 2.45) is 5.16 Å². The molecule has 0 aliphatic carbocycles. The molecule has 0 unspecified atom stereocenters. The molecular weight excluding hydrogens is 417 g/mol. The number of nitriles is 1. The van der Waals surface area contributed by atoms with E-state index in [0.717, 1.165) is 6.07 Å². The summed E-state index contributed by atoms with van der Waals surface area (Å²) in [4.78, 5) is 19.6. The van der Waals surface area contributed by atoms with E-state index >= 15 is 4.39 Å². The second-order valence-corrected chi connectivity index (χ2v) is 7.54. The molecule has 1 saturated heterocycles. The molecule has 2 aliphatic rings. The number of likely N-dealkylation sites (tertiary alicyclic amines) is 1. The van der Waals surface area contributed by atoms with Gasteiger partial charge in [0.15, 0.2) is 11.5 Å². The van der Waals surface area contributed by atoms with Crippen LogP contribution in [0.4, 0.5) is 4.39 Å². The molecule has 0 bridgehead atoms. The lowest BCUT2D eigenvalue weighted by molar-refractivity contribution is 0.0669. The number of hydrogen-bond donors (Lipinski definition) is 1. The zero-order valence-corrected chi connectivity index (χ0v) is 17.7. The highest BCUT2D eigenvalue weighted by molar-refractivity contribution is 6.03. The first kappa shape index (κ1) is 21.6. The van der Waals surface area contributed by atoms with Crippen LogP contribution in [0.25, 0.3) is 11.1 Å². The van der Waals surface area contributed by atoms with Crippen molar-refractivity contribution in [2.45, 2.75) is 19.4 Å². The molecule has 0 radical (unpaired) electrons. The number of benzene rings is 2. The minimum atomic E-state index is -0.665. The summed E-state index contributed by atoms with van der Waals surface area (Å²) in [5.41, 5.74) is 2.27. The Hall–Kier alpha value is -3.64. The van der Waals surface area contributed by atoms with Crippen molar-refractivity contribution >= 4 is 11.6 Å². The van der Waals surface area contributed by atoms with Crippen molar-refractivity contribution in [3.8, 4) is 28.7 Å². The number of nitrogens with zero attached hydrogens (tertiary/aromatic N) is 3. The maximum absolute atomic E-state index is 15.5. The van der Waals surface area contributed by atoms with Crippen LogP contribution in [0.15, 0.2) is 29.4 Å². The Morgan fingerprint density at radius 3 is 2.81 bits per heavy atom. The van der Waals surface area contributed by atoms with Crippen molar-refractivity contribution < 1.29 is 28.6 Å². The number of carbonyl (C=O) groups excluding carboxylic acids is 1. The monoisotopic (exact) mass is 439 g/mol. The van der Waals surface area contributed by atoms with Crippen molar-refractivity contribution in [3.05, 3.63) is 46.8 Å². The van der Waals surface area contributed by atoms with Crippen LogP contribution >= 0.6 is 0 Å². The molecule has 1 N–H and O–H groups in total. The number of aliphatic hydroxyl groups excluding tert-OH is 1. The van der Waals surface area contributed by atoms with Gasteiger partial charge in [-0.15, -0.1) is 0 Å². The number of aliphatic hydroxyl groups is 1. The summed E-state index contributed by atoms with van der Waals surface area (Å²) in [6.07, 6.45) is 0.357. The van der Waals surface area contributed by atoms with Crippen molar-refractivity contribution in [1.82, 2.24) is 4.90 Å². The molecule has 0 saturated carbocycles. The average molecular weight is 439 g/mol. The summed E-state index contributed by atoms with van der Waals surface area (Å²) in [5, 5.41) is 23.0. The van der Waals surface area contributed by atoms with Crippen molar-refractivity contribution in [2.75, 3.05) is 33.5 Å². The highest BCUT2D eigenvalue weighted by Crippen LogP contribution is 2.46. The fourth-order valence-electron chi connectivity index (χ4n) is 4.14. The van der Waals surface area contributed by atoms with Crippen LogP contribution in [0.2, 0.25) is 0 Å². The number of amides is 1. The predicted molar refractivity (Wildman–Crippen MR) is 113 cm³/mol. The molecule has 166 valence electrons. The van der Waals surface area contributed by atoms with Gasteiger partial charge in [0.2, 0.25) is 0 Å². The fraction of sp³-hybridized carbons (Fsp3) is 0.348. The van der Waals surface area contributed by atoms with Gasteiger partial charge in [-0.3, -0.25) is 4.79 Å². The molecule has 1 fully saturated rings. The van der Waals surface area contributed by atoms with Crippen LogP contribution in [0.3, 0.4) is 0 Å². The molecule has 32 heavy (non-hydrogen) atoms. The third-order valence-corrected chi connectivity index (χ3v) is 5.67. The van der Waals surface area contributed by atoms with Gasteiger partial charge in [-0.25, -0.2) is 4.39 Å². The Morgan fingerprint density at radius 2 is 2.12 bits per heavy atom. The second kappa shape index (κ2) is 8.85. The van der Waals surface area contributed by atoms with Crippen LogP contribution in [0.1, 0.15) is 27.9 Å². The van der Waals surface area contributed by atoms with E-state index in [1.54, 1.807) is 25.1 Å². The Morgan fingerprint density at radius 1 is 1.38 bits per heavy atom. The van der Waals surface area contributed by atoms with Crippen LogP contribution in [0, 0.1) is 24.1 Å². The third-order valence-electron chi connectivity index (χ3n) is 5.67. The number of carbonyl (C=O) groups is 1. The maximum Gasteiger partial charge on any atom is 0.258 e. The summed E-state index contributed by atoms with van der Waals surface area (Å²) in [7, 11) is 1.41. The highest BCUT2D eigenvalue weighted by atomic mass is 19.1. The van der Waals surface area contributed by atoms with E-state index in [1.165, 1.54) is 12.0 Å². The molecule has 2 aromatic carbocycles. The first-order valence-corrected chi connectivity index (χ1v) is 10.1. The van der Waals surface area contributed by atoms with Gasteiger partial charge in [0.1, 0.15) is 26.1 Å². The number of fused-ring (bicyclic) bond motifs is 1. The topological polar surface area (TPSA) is 104 Å². The molecule has 2 aromatic rings. The number of ether oxygens (including phenoxy) is 2. The normalized spacial score (nSPS) is 18.5. The summed E-state index contributed by atoms with van der Waals surface area (Å²) < 4.78 is 27.0. The molecule has 0 aromatic heterocycles. The lowest BCUT2D eigenvalue weighted by atomic mass is 9.93. The molecule has 2 aliphatic heterocycles. The first-order chi connectivity index (χ1) is 15.5. The Kier molecular flexibility index (Phi) is 5.97. The van der Waals surface area contributed by atoms with Crippen LogP contribution in [-0.4, -0.2) is 61.1 Å². The SMILES string of the molecule is CO/N=C1\C[C@@H](CO)N(C(=O)c2cc(F)c(-c3cccc(C#N)c3C)c3c2OCCO3)C1. The first-order valence-electron chi connectivity index (χ1n) is 10.1. The maximum atomic E-state index is 15.5. The summed E-state index contributed by atoms with van der Waals surface area (Å²) in [6.45, 7) is 2.02. The van der Waals surface area contributed by atoms with Crippen molar-refractivity contribution in [3.63, 3.8) is 0 Å². The Labute approximate surface area is 184 Å². The summed E-state index contributed by atoms with van der Waals surface area (Å²) >= 11 is 0. The van der Waals surface area contributed by atoms with Crippen molar-refractivity contribution in [1.29, 1.82) is 5.26 Å². The summed E-state index contributed by atoms with van der Waals surface area (Å²) in [5.74, 6) is -0.891. The molecule has 1 atom stereocenters. The highest BCUT2D eigenvalue weighted by Gasteiger charge is 2.37. The largest absolute Gasteiger partial charge is 0.485 e. The third kappa shape index (κ3) is 3.63. The van der Waals surface area contributed by atoms with Gasteiger partial charge in [0, 0.05) is 6.42 Å². The second-order valence-electron chi connectivity index (χ2n) is 7.54.